The average molecular weight is 1040 g/mol. The lowest BCUT2D eigenvalue weighted by atomic mass is 10.0. The Morgan fingerprint density at radius 3 is 0.770 bits per heavy atom. The third-order valence-electron chi connectivity index (χ3n) is 14.2. The molecule has 0 spiro atoms. The molecule has 74 heavy (non-hydrogen) atoms. The van der Waals surface area contributed by atoms with Crippen molar-refractivity contribution in [2.75, 3.05) is 13.2 Å². The van der Waals surface area contributed by atoms with Crippen molar-refractivity contribution >= 4 is 17.9 Å². The number of ether oxygens (including phenoxy) is 3. The first-order chi connectivity index (χ1) is 36.5. The largest absolute Gasteiger partial charge is 0.462 e. The monoisotopic (exact) mass is 1030 g/mol. The summed E-state index contributed by atoms with van der Waals surface area (Å²) in [5.74, 6) is -0.889. The number of hydrogen-bond acceptors (Lipinski definition) is 6. The Hall–Kier alpha value is -2.89. The van der Waals surface area contributed by atoms with E-state index in [0.29, 0.717) is 19.3 Å². The molecule has 0 rings (SSSR count). The molecule has 1 unspecified atom stereocenters. The Balaban J connectivity index is 4.39. The number of unbranched alkanes of at least 4 members (excludes halogenated alkanes) is 38. The van der Waals surface area contributed by atoms with Gasteiger partial charge in [0, 0.05) is 19.3 Å². The number of allylic oxidation sites excluding steroid dienone is 10. The lowest BCUT2D eigenvalue weighted by molar-refractivity contribution is -0.167. The number of carbonyl (C=O) groups excluding carboxylic acids is 3. The minimum Gasteiger partial charge on any atom is -0.462 e. The van der Waals surface area contributed by atoms with Crippen LogP contribution in [0.1, 0.15) is 335 Å². The second-order valence-corrected chi connectivity index (χ2v) is 21.7. The fraction of sp³-hybridized carbons (Fsp3) is 0.809. The summed E-state index contributed by atoms with van der Waals surface area (Å²) >= 11 is 0. The van der Waals surface area contributed by atoms with E-state index in [9.17, 15) is 14.4 Å². The Bertz CT molecular complexity index is 1330. The van der Waals surface area contributed by atoms with Crippen LogP contribution in [0.3, 0.4) is 0 Å². The molecule has 0 aliphatic rings. The van der Waals surface area contributed by atoms with Crippen LogP contribution < -0.4 is 0 Å². The van der Waals surface area contributed by atoms with Crippen LogP contribution in [0.2, 0.25) is 0 Å². The van der Waals surface area contributed by atoms with E-state index in [-0.39, 0.29) is 31.1 Å². The summed E-state index contributed by atoms with van der Waals surface area (Å²) in [6.07, 6.45) is 79.3. The van der Waals surface area contributed by atoms with Gasteiger partial charge in [-0.25, -0.2) is 0 Å². The molecule has 0 saturated carbocycles. The van der Waals surface area contributed by atoms with E-state index in [2.05, 4.69) is 81.5 Å². The molecule has 6 heteroatoms. The lowest BCUT2D eigenvalue weighted by Gasteiger charge is -2.18. The topological polar surface area (TPSA) is 78.9 Å². The molecule has 0 amide bonds. The maximum Gasteiger partial charge on any atom is 0.306 e. The summed E-state index contributed by atoms with van der Waals surface area (Å²) < 4.78 is 16.9. The van der Waals surface area contributed by atoms with E-state index < -0.39 is 6.10 Å². The number of esters is 3. The molecule has 0 aliphatic carbocycles. The molecule has 0 aliphatic heterocycles. The minimum absolute atomic E-state index is 0.0829. The molecule has 0 aromatic heterocycles. The van der Waals surface area contributed by atoms with Crippen molar-refractivity contribution in [2.45, 2.75) is 341 Å². The van der Waals surface area contributed by atoms with E-state index >= 15 is 0 Å². The van der Waals surface area contributed by atoms with Crippen LogP contribution in [0.15, 0.2) is 60.8 Å². The Morgan fingerprint density at radius 2 is 0.486 bits per heavy atom. The predicted octanol–water partition coefficient (Wildman–Crippen LogP) is 21.9. The quantitative estimate of drug-likeness (QED) is 0.0261. The second-order valence-electron chi connectivity index (χ2n) is 21.7. The van der Waals surface area contributed by atoms with Crippen molar-refractivity contribution in [1.29, 1.82) is 0 Å². The first-order valence-corrected chi connectivity index (χ1v) is 32.3. The highest BCUT2D eigenvalue weighted by molar-refractivity contribution is 5.71. The maximum absolute atomic E-state index is 12.9. The molecule has 0 aromatic rings. The van der Waals surface area contributed by atoms with Crippen LogP contribution in [0.5, 0.6) is 0 Å². The highest BCUT2D eigenvalue weighted by Crippen LogP contribution is 2.17. The number of rotatable bonds is 59. The zero-order valence-corrected chi connectivity index (χ0v) is 49.4. The van der Waals surface area contributed by atoms with Gasteiger partial charge in [-0.1, -0.05) is 287 Å². The Kier molecular flexibility index (Phi) is 60.2. The van der Waals surface area contributed by atoms with Gasteiger partial charge in [-0.05, 0) is 89.9 Å². The van der Waals surface area contributed by atoms with Crippen LogP contribution in [0.25, 0.3) is 0 Å². The molecule has 0 saturated heterocycles. The van der Waals surface area contributed by atoms with Crippen molar-refractivity contribution in [3.05, 3.63) is 60.8 Å². The minimum atomic E-state index is -0.785. The van der Waals surface area contributed by atoms with Crippen LogP contribution >= 0.6 is 0 Å². The van der Waals surface area contributed by atoms with Crippen LogP contribution in [0, 0.1) is 0 Å². The van der Waals surface area contributed by atoms with Gasteiger partial charge in [0.1, 0.15) is 13.2 Å². The highest BCUT2D eigenvalue weighted by atomic mass is 16.6. The van der Waals surface area contributed by atoms with Crippen molar-refractivity contribution in [3.8, 4) is 0 Å². The third-order valence-corrected chi connectivity index (χ3v) is 14.2. The van der Waals surface area contributed by atoms with Gasteiger partial charge >= 0.3 is 17.9 Å². The standard InChI is InChI=1S/C68H122O6/c1-4-7-10-13-16-19-22-25-28-31-33-34-36-37-40-43-46-49-52-55-58-61-67(70)73-64-65(63-72-66(69)60-57-54-51-48-45-42-39-30-27-24-21-18-15-12-9-6-3)74-68(71)62-59-56-53-50-47-44-41-38-35-32-29-26-23-20-17-14-11-8-5-2/h21-22,24-25,30-31,33,36-37,39,65H,4-20,23,26-29,32,34-35,38,40-64H2,1-3H3/b24-21-,25-22-,33-31-,37-36-,39-30-. The smallest absolute Gasteiger partial charge is 0.306 e. The Labute approximate surface area is 460 Å². The van der Waals surface area contributed by atoms with E-state index in [4.69, 9.17) is 14.2 Å². The SMILES string of the molecule is CCCCCC/C=C\C/C=C\CCCCCCCC(=O)OCC(COC(=O)CCCCCCCC/C=C\C/C=C\C/C=C\CCCCCCC)OC(=O)CCCCCCCCCCCCCCCCCCCCC. The van der Waals surface area contributed by atoms with E-state index in [1.54, 1.807) is 0 Å². The molecule has 0 N–H and O–H groups in total. The van der Waals surface area contributed by atoms with E-state index in [1.165, 1.54) is 199 Å². The summed E-state index contributed by atoms with van der Waals surface area (Å²) in [5, 5.41) is 0. The summed E-state index contributed by atoms with van der Waals surface area (Å²) in [7, 11) is 0. The predicted molar refractivity (Wildman–Crippen MR) is 321 cm³/mol. The van der Waals surface area contributed by atoms with Crippen molar-refractivity contribution in [2.24, 2.45) is 0 Å². The van der Waals surface area contributed by atoms with E-state index in [0.717, 1.165) is 96.3 Å². The summed E-state index contributed by atoms with van der Waals surface area (Å²) in [4.78, 5) is 38.3. The van der Waals surface area contributed by atoms with Gasteiger partial charge in [-0.3, -0.25) is 14.4 Å². The first kappa shape index (κ1) is 71.1. The number of carbonyl (C=O) groups is 3. The van der Waals surface area contributed by atoms with Crippen LogP contribution in [-0.4, -0.2) is 37.2 Å². The van der Waals surface area contributed by atoms with Gasteiger partial charge in [0.25, 0.3) is 0 Å². The second kappa shape index (κ2) is 62.6. The maximum atomic E-state index is 12.9. The van der Waals surface area contributed by atoms with Gasteiger partial charge in [0.15, 0.2) is 6.10 Å². The fourth-order valence-electron chi connectivity index (χ4n) is 9.36. The van der Waals surface area contributed by atoms with Crippen molar-refractivity contribution in [1.82, 2.24) is 0 Å². The summed E-state index contributed by atoms with van der Waals surface area (Å²) in [6, 6.07) is 0. The molecule has 0 heterocycles. The van der Waals surface area contributed by atoms with Gasteiger partial charge in [-0.15, -0.1) is 0 Å². The molecular weight excluding hydrogens is 913 g/mol. The lowest BCUT2D eigenvalue weighted by Crippen LogP contribution is -2.30. The number of hydrogen-bond donors (Lipinski definition) is 0. The molecule has 430 valence electrons. The first-order valence-electron chi connectivity index (χ1n) is 32.3. The molecular formula is C68H122O6. The summed E-state index contributed by atoms with van der Waals surface area (Å²) in [6.45, 7) is 6.64. The van der Waals surface area contributed by atoms with Gasteiger partial charge in [0.05, 0.1) is 0 Å². The zero-order chi connectivity index (χ0) is 53.6. The van der Waals surface area contributed by atoms with Crippen molar-refractivity contribution in [3.63, 3.8) is 0 Å². The molecule has 1 atom stereocenters. The molecule has 0 bridgehead atoms. The third kappa shape index (κ3) is 60.0. The molecule has 0 radical (unpaired) electrons. The summed E-state index contributed by atoms with van der Waals surface area (Å²) in [5.41, 5.74) is 0. The van der Waals surface area contributed by atoms with Crippen LogP contribution in [0.4, 0.5) is 0 Å². The van der Waals surface area contributed by atoms with Crippen LogP contribution in [-0.2, 0) is 28.6 Å². The van der Waals surface area contributed by atoms with Crippen molar-refractivity contribution < 1.29 is 28.6 Å². The average Bonchev–Trinajstić information content (AvgIpc) is 3.40. The molecule has 6 nitrogen and oxygen atoms in total. The normalized spacial score (nSPS) is 12.4. The fourth-order valence-corrected chi connectivity index (χ4v) is 9.36. The molecule has 0 aromatic carbocycles. The highest BCUT2D eigenvalue weighted by Gasteiger charge is 2.19. The molecule has 0 fully saturated rings. The van der Waals surface area contributed by atoms with Gasteiger partial charge < -0.3 is 14.2 Å². The van der Waals surface area contributed by atoms with E-state index in [1.807, 2.05) is 0 Å². The van der Waals surface area contributed by atoms with Gasteiger partial charge in [-0.2, -0.15) is 0 Å². The Morgan fingerprint density at radius 1 is 0.270 bits per heavy atom. The van der Waals surface area contributed by atoms with Gasteiger partial charge in [0.2, 0.25) is 0 Å². The zero-order valence-electron chi connectivity index (χ0n) is 49.4.